The molecule has 0 bridgehead atoms. The zero-order valence-electron chi connectivity index (χ0n) is 10.0. The summed E-state index contributed by atoms with van der Waals surface area (Å²) in [6.45, 7) is 6.34. The molecule has 0 radical (unpaired) electrons. The summed E-state index contributed by atoms with van der Waals surface area (Å²) >= 11 is 0. The number of nitrogens with zero attached hydrogens (tertiary/aromatic N) is 2. The van der Waals surface area contributed by atoms with Crippen LogP contribution in [0.2, 0.25) is 0 Å². The Morgan fingerprint density at radius 2 is 1.62 bits per heavy atom. The van der Waals surface area contributed by atoms with Crippen LogP contribution in [0.5, 0.6) is 0 Å². The quantitative estimate of drug-likeness (QED) is 0.763. The van der Waals surface area contributed by atoms with Crippen molar-refractivity contribution in [2.24, 2.45) is 11.7 Å². The van der Waals surface area contributed by atoms with Crippen molar-refractivity contribution < 1.29 is 8.42 Å². The van der Waals surface area contributed by atoms with Crippen LogP contribution in [-0.4, -0.2) is 48.7 Å². The third kappa shape index (κ3) is 1.88. The second kappa shape index (κ2) is 3.94. The molecule has 0 amide bonds. The van der Waals surface area contributed by atoms with Gasteiger partial charge in [0.05, 0.1) is 0 Å². The van der Waals surface area contributed by atoms with Gasteiger partial charge < -0.3 is 5.73 Å². The molecule has 0 aromatic heterocycles. The first kappa shape index (κ1) is 12.3. The van der Waals surface area contributed by atoms with Crippen LogP contribution < -0.4 is 5.73 Å². The Morgan fingerprint density at radius 1 is 1.12 bits per heavy atom. The molecule has 2 N–H and O–H groups in total. The molecule has 16 heavy (non-hydrogen) atoms. The Hall–Kier alpha value is -0.170. The molecule has 2 aliphatic heterocycles. The average Bonchev–Trinajstić information content (AvgIpc) is 2.65. The van der Waals surface area contributed by atoms with Crippen LogP contribution >= 0.6 is 0 Å². The molecule has 0 aromatic carbocycles. The lowest BCUT2D eigenvalue weighted by atomic mass is 9.82. The van der Waals surface area contributed by atoms with Crippen molar-refractivity contribution in [1.29, 1.82) is 0 Å². The first-order valence-electron chi connectivity index (χ1n) is 5.90. The van der Waals surface area contributed by atoms with E-state index in [1.807, 2.05) is 13.8 Å². The smallest absolute Gasteiger partial charge is 0.282 e. The van der Waals surface area contributed by atoms with Crippen LogP contribution in [0.25, 0.3) is 0 Å². The van der Waals surface area contributed by atoms with E-state index in [0.717, 1.165) is 12.8 Å². The SMILES string of the molecule is CC(C)C1(N)CN(S(=O)(=O)N2CCCC2)C1. The first-order valence-corrected chi connectivity index (χ1v) is 7.30. The summed E-state index contributed by atoms with van der Waals surface area (Å²) in [5.74, 6) is 0.317. The predicted molar refractivity (Wildman–Crippen MR) is 63.1 cm³/mol. The molecule has 2 saturated heterocycles. The van der Waals surface area contributed by atoms with Crippen LogP contribution in [-0.2, 0) is 10.2 Å². The van der Waals surface area contributed by atoms with Crippen molar-refractivity contribution in [2.75, 3.05) is 26.2 Å². The fourth-order valence-corrected chi connectivity index (χ4v) is 4.07. The predicted octanol–water partition coefficient (Wildman–Crippen LogP) is -0.00390. The second-order valence-corrected chi connectivity index (χ2v) is 7.20. The van der Waals surface area contributed by atoms with Crippen molar-refractivity contribution in [2.45, 2.75) is 32.2 Å². The third-order valence-corrected chi connectivity index (χ3v) is 5.74. The molecule has 2 fully saturated rings. The molecule has 6 heteroatoms. The highest BCUT2D eigenvalue weighted by Gasteiger charge is 2.49. The number of hydrogen-bond donors (Lipinski definition) is 1. The molecule has 0 unspecified atom stereocenters. The summed E-state index contributed by atoms with van der Waals surface area (Å²) < 4.78 is 27.3. The van der Waals surface area contributed by atoms with Crippen LogP contribution in [0.15, 0.2) is 0 Å². The number of hydrogen-bond acceptors (Lipinski definition) is 3. The van der Waals surface area contributed by atoms with E-state index < -0.39 is 10.2 Å². The normalized spacial score (nSPS) is 27.2. The van der Waals surface area contributed by atoms with Crippen LogP contribution in [0.4, 0.5) is 0 Å². The summed E-state index contributed by atoms with van der Waals surface area (Å²) in [6, 6.07) is 0. The summed E-state index contributed by atoms with van der Waals surface area (Å²) in [5.41, 5.74) is 5.78. The maximum atomic E-state index is 12.1. The standard InChI is InChI=1S/C10H21N3O2S/c1-9(2)10(11)7-13(8-10)16(14,15)12-5-3-4-6-12/h9H,3-8,11H2,1-2H3. The molecular weight excluding hydrogens is 226 g/mol. The van der Waals surface area contributed by atoms with E-state index in [1.54, 1.807) is 4.31 Å². The molecule has 0 aliphatic carbocycles. The first-order chi connectivity index (χ1) is 7.36. The fraction of sp³-hybridized carbons (Fsp3) is 1.00. The van der Waals surface area contributed by atoms with Gasteiger partial charge in [-0.3, -0.25) is 0 Å². The van der Waals surface area contributed by atoms with Gasteiger partial charge in [0, 0.05) is 31.7 Å². The molecule has 0 atom stereocenters. The maximum Gasteiger partial charge on any atom is 0.282 e. The number of rotatable bonds is 3. The number of nitrogens with two attached hydrogens (primary N) is 1. The van der Waals surface area contributed by atoms with Gasteiger partial charge in [-0.1, -0.05) is 13.8 Å². The summed E-state index contributed by atoms with van der Waals surface area (Å²) in [4.78, 5) is 0. The van der Waals surface area contributed by atoms with Crippen molar-refractivity contribution in [3.8, 4) is 0 Å². The Kier molecular flexibility index (Phi) is 3.03. The van der Waals surface area contributed by atoms with E-state index in [1.165, 1.54) is 4.31 Å². The lowest BCUT2D eigenvalue weighted by Gasteiger charge is -2.50. The minimum absolute atomic E-state index is 0.317. The van der Waals surface area contributed by atoms with E-state index in [9.17, 15) is 8.42 Å². The lowest BCUT2D eigenvalue weighted by molar-refractivity contribution is 0.104. The Labute approximate surface area is 97.8 Å². The Bertz CT molecular complexity index is 354. The van der Waals surface area contributed by atoms with Gasteiger partial charge in [-0.2, -0.15) is 17.0 Å². The fourth-order valence-electron chi connectivity index (χ4n) is 2.22. The monoisotopic (exact) mass is 247 g/mol. The van der Waals surface area contributed by atoms with E-state index >= 15 is 0 Å². The van der Waals surface area contributed by atoms with Gasteiger partial charge in [-0.25, -0.2) is 0 Å². The highest BCUT2D eigenvalue weighted by atomic mass is 32.2. The largest absolute Gasteiger partial charge is 0.323 e. The molecule has 2 heterocycles. The Morgan fingerprint density at radius 3 is 2.06 bits per heavy atom. The molecule has 0 saturated carbocycles. The third-order valence-electron chi connectivity index (χ3n) is 3.81. The zero-order valence-corrected chi connectivity index (χ0v) is 10.8. The van der Waals surface area contributed by atoms with Crippen molar-refractivity contribution in [1.82, 2.24) is 8.61 Å². The maximum absolute atomic E-state index is 12.1. The molecule has 0 spiro atoms. The lowest BCUT2D eigenvalue weighted by Crippen LogP contribution is -2.72. The van der Waals surface area contributed by atoms with Gasteiger partial charge in [0.25, 0.3) is 10.2 Å². The summed E-state index contributed by atoms with van der Waals surface area (Å²) in [7, 11) is -3.22. The Balaban J connectivity index is 2.01. The minimum Gasteiger partial charge on any atom is -0.323 e. The highest BCUT2D eigenvalue weighted by Crippen LogP contribution is 2.30. The molecular formula is C10H21N3O2S. The highest BCUT2D eigenvalue weighted by molar-refractivity contribution is 7.86. The summed E-state index contributed by atoms with van der Waals surface area (Å²) in [5, 5.41) is 0. The molecule has 0 aromatic rings. The van der Waals surface area contributed by atoms with Gasteiger partial charge in [0.15, 0.2) is 0 Å². The van der Waals surface area contributed by atoms with E-state index in [0.29, 0.717) is 32.1 Å². The van der Waals surface area contributed by atoms with Crippen LogP contribution in [0.3, 0.4) is 0 Å². The topological polar surface area (TPSA) is 66.6 Å². The van der Waals surface area contributed by atoms with Crippen LogP contribution in [0.1, 0.15) is 26.7 Å². The van der Waals surface area contributed by atoms with Crippen molar-refractivity contribution in [3.63, 3.8) is 0 Å². The summed E-state index contributed by atoms with van der Waals surface area (Å²) in [6.07, 6.45) is 1.95. The van der Waals surface area contributed by atoms with E-state index in [4.69, 9.17) is 5.73 Å². The van der Waals surface area contributed by atoms with E-state index in [-0.39, 0.29) is 5.54 Å². The second-order valence-electron chi connectivity index (χ2n) is 5.27. The van der Waals surface area contributed by atoms with Gasteiger partial charge >= 0.3 is 0 Å². The average molecular weight is 247 g/mol. The van der Waals surface area contributed by atoms with Gasteiger partial charge in [-0.15, -0.1) is 0 Å². The van der Waals surface area contributed by atoms with E-state index in [2.05, 4.69) is 0 Å². The van der Waals surface area contributed by atoms with Gasteiger partial charge in [-0.05, 0) is 18.8 Å². The molecule has 2 rings (SSSR count). The molecule has 5 nitrogen and oxygen atoms in total. The van der Waals surface area contributed by atoms with Crippen molar-refractivity contribution >= 4 is 10.2 Å². The van der Waals surface area contributed by atoms with Gasteiger partial charge in [0.2, 0.25) is 0 Å². The zero-order chi connectivity index (χ0) is 12.0. The molecule has 94 valence electrons. The van der Waals surface area contributed by atoms with Crippen LogP contribution in [0, 0.1) is 5.92 Å². The minimum atomic E-state index is -3.22. The van der Waals surface area contributed by atoms with Gasteiger partial charge in [0.1, 0.15) is 0 Å². The van der Waals surface area contributed by atoms with Crippen molar-refractivity contribution in [3.05, 3.63) is 0 Å². The molecule has 2 aliphatic rings.